The molecule has 0 aromatic rings. The average molecular weight is 236 g/mol. The summed E-state index contributed by atoms with van der Waals surface area (Å²) >= 11 is 0. The minimum Gasteiger partial charge on any atom is -0.390 e. The summed E-state index contributed by atoms with van der Waals surface area (Å²) < 4.78 is 0. The number of allylic oxidation sites excluding steroid dienone is 2. The molecule has 2 nitrogen and oxygen atoms in total. The average Bonchev–Trinajstić information content (AvgIpc) is 2.20. The highest BCUT2D eigenvalue weighted by molar-refractivity contribution is 5.95. The van der Waals surface area contributed by atoms with Crippen molar-refractivity contribution in [3.8, 4) is 0 Å². The highest BCUT2D eigenvalue weighted by Gasteiger charge is 2.47. The number of hydrogen-bond acceptors (Lipinski definition) is 2. The van der Waals surface area contributed by atoms with Gasteiger partial charge in [0.25, 0.3) is 0 Å². The number of carbonyl (C=O) groups excluding carboxylic acids is 1. The van der Waals surface area contributed by atoms with Gasteiger partial charge in [-0.2, -0.15) is 0 Å². The molecule has 0 saturated heterocycles. The molecule has 96 valence electrons. The highest BCUT2D eigenvalue weighted by Crippen LogP contribution is 2.48. The Balaban J connectivity index is 2.35. The van der Waals surface area contributed by atoms with E-state index in [4.69, 9.17) is 0 Å². The summed E-state index contributed by atoms with van der Waals surface area (Å²) in [6.07, 6.45) is 4.57. The molecule has 0 aromatic heterocycles. The molecule has 17 heavy (non-hydrogen) atoms. The monoisotopic (exact) mass is 236 g/mol. The Kier molecular flexibility index (Phi) is 3.19. The Hall–Kier alpha value is -0.630. The Labute approximate surface area is 104 Å². The van der Waals surface area contributed by atoms with E-state index in [1.165, 1.54) is 0 Å². The number of Topliss-reactive ketones (excluding diaryl/α,β-unsaturated/α-hetero) is 1. The molecule has 2 aliphatic rings. The van der Waals surface area contributed by atoms with Gasteiger partial charge in [0, 0.05) is 12.3 Å². The van der Waals surface area contributed by atoms with Gasteiger partial charge in [0.15, 0.2) is 5.78 Å². The molecular weight excluding hydrogens is 212 g/mol. The number of fused-ring (bicyclic) bond motifs is 1. The minimum atomic E-state index is -0.664. The van der Waals surface area contributed by atoms with Crippen molar-refractivity contribution in [2.45, 2.75) is 52.6 Å². The van der Waals surface area contributed by atoms with Gasteiger partial charge in [-0.1, -0.05) is 19.9 Å². The van der Waals surface area contributed by atoms with Crippen LogP contribution >= 0.6 is 0 Å². The van der Waals surface area contributed by atoms with Gasteiger partial charge in [0.05, 0.1) is 5.60 Å². The van der Waals surface area contributed by atoms with Gasteiger partial charge in [0.2, 0.25) is 0 Å². The van der Waals surface area contributed by atoms with Crippen LogP contribution in [0.15, 0.2) is 11.6 Å². The third-order valence-corrected chi connectivity index (χ3v) is 4.89. The fourth-order valence-electron chi connectivity index (χ4n) is 3.67. The molecule has 4 atom stereocenters. The van der Waals surface area contributed by atoms with Gasteiger partial charge < -0.3 is 5.11 Å². The lowest BCUT2D eigenvalue weighted by Crippen LogP contribution is -2.49. The second-order valence-corrected chi connectivity index (χ2v) is 6.46. The second-order valence-electron chi connectivity index (χ2n) is 6.46. The topological polar surface area (TPSA) is 37.3 Å². The van der Waals surface area contributed by atoms with Crippen molar-refractivity contribution < 1.29 is 9.90 Å². The molecule has 1 fully saturated rings. The fraction of sp³-hybridized carbons (Fsp3) is 0.800. The van der Waals surface area contributed by atoms with Crippen molar-refractivity contribution in [2.24, 2.45) is 23.7 Å². The molecule has 0 bridgehead atoms. The minimum absolute atomic E-state index is 0.125. The fourth-order valence-corrected chi connectivity index (χ4v) is 3.67. The molecule has 0 radical (unpaired) electrons. The molecule has 0 heterocycles. The summed E-state index contributed by atoms with van der Waals surface area (Å²) in [4.78, 5) is 11.8. The lowest BCUT2D eigenvalue weighted by molar-refractivity contribution is -0.126. The van der Waals surface area contributed by atoms with E-state index >= 15 is 0 Å². The van der Waals surface area contributed by atoms with Crippen molar-refractivity contribution in [3.05, 3.63) is 11.6 Å². The van der Waals surface area contributed by atoms with Crippen LogP contribution in [0.2, 0.25) is 0 Å². The Morgan fingerprint density at radius 1 is 1.47 bits per heavy atom. The molecule has 2 rings (SSSR count). The number of aliphatic hydroxyl groups is 1. The number of carbonyl (C=O) groups is 1. The first-order chi connectivity index (χ1) is 7.83. The zero-order valence-corrected chi connectivity index (χ0v) is 11.4. The van der Waals surface area contributed by atoms with E-state index < -0.39 is 5.60 Å². The summed E-state index contributed by atoms with van der Waals surface area (Å²) in [5.41, 5.74) is 0.234. The first kappa shape index (κ1) is 12.8. The van der Waals surface area contributed by atoms with Gasteiger partial charge in [-0.05, 0) is 50.0 Å². The maximum absolute atomic E-state index is 11.8. The van der Waals surface area contributed by atoms with Gasteiger partial charge in [-0.15, -0.1) is 0 Å². The van der Waals surface area contributed by atoms with E-state index in [9.17, 15) is 9.90 Å². The van der Waals surface area contributed by atoms with Crippen LogP contribution in [0.3, 0.4) is 0 Å². The van der Waals surface area contributed by atoms with Crippen LogP contribution < -0.4 is 0 Å². The van der Waals surface area contributed by atoms with Gasteiger partial charge in [-0.25, -0.2) is 0 Å². The van der Waals surface area contributed by atoms with Crippen LogP contribution in [0.5, 0.6) is 0 Å². The molecule has 0 spiro atoms. The molecular formula is C15H24O2. The van der Waals surface area contributed by atoms with Crippen LogP contribution in [0.25, 0.3) is 0 Å². The molecule has 1 N–H and O–H groups in total. The molecule has 1 saturated carbocycles. The quantitative estimate of drug-likeness (QED) is 0.760. The second kappa shape index (κ2) is 4.24. The zero-order chi connectivity index (χ0) is 12.8. The van der Waals surface area contributed by atoms with Crippen LogP contribution in [0.1, 0.15) is 47.0 Å². The largest absolute Gasteiger partial charge is 0.390 e. The molecule has 2 heteroatoms. The van der Waals surface area contributed by atoms with E-state index in [1.807, 2.05) is 13.8 Å². The summed E-state index contributed by atoms with van der Waals surface area (Å²) in [7, 11) is 0. The van der Waals surface area contributed by atoms with Crippen LogP contribution in [0, 0.1) is 23.7 Å². The third-order valence-electron chi connectivity index (χ3n) is 4.89. The first-order valence-electron chi connectivity index (χ1n) is 6.77. The molecule has 0 aliphatic heterocycles. The first-order valence-corrected chi connectivity index (χ1v) is 6.77. The maximum atomic E-state index is 11.8. The van der Waals surface area contributed by atoms with Crippen LogP contribution in [-0.4, -0.2) is 16.5 Å². The molecule has 0 unspecified atom stereocenters. The van der Waals surface area contributed by atoms with Crippen molar-refractivity contribution in [3.63, 3.8) is 0 Å². The Bertz CT molecular complexity index is 352. The van der Waals surface area contributed by atoms with Gasteiger partial charge >= 0.3 is 0 Å². The number of ketones is 1. The van der Waals surface area contributed by atoms with E-state index in [0.29, 0.717) is 24.2 Å². The normalized spacial score (nSPS) is 42.4. The molecule has 2 aliphatic carbocycles. The van der Waals surface area contributed by atoms with E-state index in [-0.39, 0.29) is 11.7 Å². The van der Waals surface area contributed by atoms with Gasteiger partial charge in [0.1, 0.15) is 0 Å². The van der Waals surface area contributed by atoms with E-state index in [0.717, 1.165) is 18.4 Å². The number of rotatable bonds is 1. The molecule has 0 amide bonds. The highest BCUT2D eigenvalue weighted by atomic mass is 16.3. The third kappa shape index (κ3) is 2.20. The summed E-state index contributed by atoms with van der Waals surface area (Å²) in [6, 6.07) is 0. The SMILES string of the molecule is CC1=C[C@@H]2[C@@H](CC1=O)[C@@](C)(O)CC[C@H]2C(C)C. The van der Waals surface area contributed by atoms with E-state index in [1.54, 1.807) is 0 Å². The van der Waals surface area contributed by atoms with Crippen LogP contribution in [-0.2, 0) is 4.79 Å². The standard InChI is InChI=1S/C15H24O2/c1-9(2)11-5-6-15(4,17)13-8-14(16)10(3)7-12(11)13/h7,9,11-13,17H,5-6,8H2,1-4H3/t11-,12-,13+,15-/m0/s1. The van der Waals surface area contributed by atoms with Crippen molar-refractivity contribution in [2.75, 3.05) is 0 Å². The summed E-state index contributed by atoms with van der Waals surface area (Å²) in [5, 5.41) is 10.5. The lowest BCUT2D eigenvalue weighted by Gasteiger charge is -2.49. The number of hydrogen-bond donors (Lipinski definition) is 1. The Morgan fingerprint density at radius 3 is 2.71 bits per heavy atom. The predicted octanol–water partition coefficient (Wildman–Crippen LogP) is 2.95. The van der Waals surface area contributed by atoms with Gasteiger partial charge in [-0.3, -0.25) is 4.79 Å². The lowest BCUT2D eigenvalue weighted by atomic mass is 9.58. The zero-order valence-electron chi connectivity index (χ0n) is 11.4. The van der Waals surface area contributed by atoms with E-state index in [2.05, 4.69) is 19.9 Å². The maximum Gasteiger partial charge on any atom is 0.158 e. The predicted molar refractivity (Wildman–Crippen MR) is 68.5 cm³/mol. The molecule has 0 aromatic carbocycles. The summed E-state index contributed by atoms with van der Waals surface area (Å²) in [5.74, 6) is 1.96. The van der Waals surface area contributed by atoms with Crippen LogP contribution in [0.4, 0.5) is 0 Å². The van der Waals surface area contributed by atoms with Crippen molar-refractivity contribution in [1.82, 2.24) is 0 Å². The Morgan fingerprint density at radius 2 is 2.12 bits per heavy atom. The van der Waals surface area contributed by atoms with Crippen molar-refractivity contribution >= 4 is 5.78 Å². The summed E-state index contributed by atoms with van der Waals surface area (Å²) in [6.45, 7) is 8.32. The smallest absolute Gasteiger partial charge is 0.158 e. The van der Waals surface area contributed by atoms with Crippen molar-refractivity contribution in [1.29, 1.82) is 0 Å².